The van der Waals surface area contributed by atoms with Gasteiger partial charge in [0.05, 0.1) is 39.4 Å². The van der Waals surface area contributed by atoms with Crippen LogP contribution in [-0.4, -0.2) is 38.7 Å². The lowest BCUT2D eigenvalue weighted by Crippen LogP contribution is -2.53. The Bertz CT molecular complexity index is 2260. The largest absolute Gasteiger partial charge is 0.508 e. The molecular formula is C40H31Cl2F3N4O5. The van der Waals surface area contributed by atoms with E-state index in [-0.39, 0.29) is 30.3 Å². The number of fused-ring (bicyclic) bond motifs is 4. The molecule has 2 aliphatic heterocycles. The average molecular weight is 776 g/mol. The quantitative estimate of drug-likeness (QED) is 0.151. The highest BCUT2D eigenvalue weighted by molar-refractivity contribution is 6.33. The van der Waals surface area contributed by atoms with Gasteiger partial charge in [-0.05, 0) is 72.7 Å². The summed E-state index contributed by atoms with van der Waals surface area (Å²) in [6, 6.07) is 20.6. The Balaban J connectivity index is 1.29. The van der Waals surface area contributed by atoms with Crippen LogP contribution in [0.3, 0.4) is 0 Å². The number of carbonyl (C=O) groups is 4. The lowest BCUT2D eigenvalue weighted by Gasteiger charge is -2.50. The second kappa shape index (κ2) is 13.0. The molecule has 4 aromatic rings. The first kappa shape index (κ1) is 35.8. The number of hydrazine groups is 1. The van der Waals surface area contributed by atoms with Gasteiger partial charge < -0.3 is 5.11 Å². The molecule has 2 N–H and O–H groups in total. The zero-order chi connectivity index (χ0) is 38.3. The third kappa shape index (κ3) is 5.32. The number of amides is 4. The highest BCUT2D eigenvalue weighted by Crippen LogP contribution is 2.65. The van der Waals surface area contributed by atoms with Crippen LogP contribution in [0.15, 0.2) is 96.7 Å². The van der Waals surface area contributed by atoms with Crippen molar-refractivity contribution >= 4 is 58.3 Å². The third-order valence-corrected chi connectivity index (χ3v) is 11.9. The molecule has 0 radical (unpaired) electrons. The van der Waals surface area contributed by atoms with Crippen molar-refractivity contribution in [2.75, 3.05) is 10.3 Å². The van der Waals surface area contributed by atoms with Gasteiger partial charge in [0.1, 0.15) is 5.75 Å². The number of benzene rings is 3. The van der Waals surface area contributed by atoms with Crippen LogP contribution in [-0.2, 0) is 37.2 Å². The van der Waals surface area contributed by atoms with Crippen molar-refractivity contribution in [2.45, 2.75) is 43.7 Å². The van der Waals surface area contributed by atoms with Crippen LogP contribution < -0.4 is 10.3 Å². The van der Waals surface area contributed by atoms with Crippen LogP contribution in [0.25, 0.3) is 0 Å². The maximum Gasteiger partial charge on any atom is 0.417 e. The molecule has 54 heavy (non-hydrogen) atoms. The SMILES string of the molecule is CCc1ccc(N2C(=O)[C@H]3[C@H](CC=C4[C@H]3C[C@H]3C(=O)N(Nc5ncc(C(F)(F)F)cc5Cl)C(=O)[C@@]3(c3ccc(Cl)cc3)[C@H]4c3ccccc3O)C2=O)cc1. The summed E-state index contributed by atoms with van der Waals surface area (Å²) in [5.74, 6) is -7.40. The topological polar surface area (TPSA) is 120 Å². The minimum absolute atomic E-state index is 0.0434. The van der Waals surface area contributed by atoms with Gasteiger partial charge in [-0.1, -0.05) is 84.2 Å². The van der Waals surface area contributed by atoms with Gasteiger partial charge in [-0.25, -0.2) is 4.98 Å². The lowest BCUT2D eigenvalue weighted by molar-refractivity contribution is -0.139. The highest BCUT2D eigenvalue weighted by Gasteiger charge is 2.70. The van der Waals surface area contributed by atoms with Gasteiger partial charge in [0.2, 0.25) is 11.8 Å². The summed E-state index contributed by atoms with van der Waals surface area (Å²) in [5.41, 5.74) is 2.49. The third-order valence-electron chi connectivity index (χ3n) is 11.4. The molecule has 4 aliphatic rings. The fraction of sp³-hybridized carbons (Fsp3) is 0.275. The molecule has 9 nitrogen and oxygen atoms in total. The molecule has 2 aliphatic carbocycles. The van der Waals surface area contributed by atoms with E-state index in [1.165, 1.54) is 11.0 Å². The summed E-state index contributed by atoms with van der Waals surface area (Å²) in [6.45, 7) is 2.00. The van der Waals surface area contributed by atoms with Crippen molar-refractivity contribution in [3.05, 3.63) is 129 Å². The van der Waals surface area contributed by atoms with Crippen molar-refractivity contribution in [1.82, 2.24) is 9.99 Å². The Kier molecular flexibility index (Phi) is 8.61. The molecule has 3 heterocycles. The van der Waals surface area contributed by atoms with Crippen LogP contribution >= 0.6 is 23.2 Å². The van der Waals surface area contributed by atoms with Crippen LogP contribution in [0.4, 0.5) is 24.7 Å². The number of phenolic OH excluding ortho intramolecular Hbond substituents is 1. The Morgan fingerprint density at radius 1 is 0.926 bits per heavy atom. The predicted molar refractivity (Wildman–Crippen MR) is 193 cm³/mol. The molecule has 1 aromatic heterocycles. The molecule has 2 saturated heterocycles. The van der Waals surface area contributed by atoms with E-state index in [1.54, 1.807) is 54.6 Å². The number of nitrogens with zero attached hydrogens (tertiary/aromatic N) is 3. The van der Waals surface area contributed by atoms with Crippen molar-refractivity contribution in [3.63, 3.8) is 0 Å². The molecule has 0 spiro atoms. The molecule has 1 saturated carbocycles. The van der Waals surface area contributed by atoms with E-state index in [1.807, 2.05) is 25.1 Å². The van der Waals surface area contributed by atoms with Gasteiger partial charge >= 0.3 is 6.18 Å². The first-order chi connectivity index (χ1) is 25.8. The number of halogens is 5. The average Bonchev–Trinajstić information content (AvgIpc) is 3.53. The Morgan fingerprint density at radius 2 is 1.63 bits per heavy atom. The fourth-order valence-corrected chi connectivity index (χ4v) is 9.33. The van der Waals surface area contributed by atoms with Crippen LogP contribution in [0, 0.1) is 23.7 Å². The molecule has 0 bridgehead atoms. The molecule has 6 atom stereocenters. The van der Waals surface area contributed by atoms with Crippen LogP contribution in [0.1, 0.15) is 47.9 Å². The highest BCUT2D eigenvalue weighted by atomic mass is 35.5. The number of aryl methyl sites for hydroxylation is 1. The summed E-state index contributed by atoms with van der Waals surface area (Å²) < 4.78 is 40.4. The number of nitrogens with one attached hydrogen (secondary N) is 1. The number of alkyl halides is 3. The maximum absolute atomic E-state index is 15.2. The molecule has 4 amide bonds. The van der Waals surface area contributed by atoms with Crippen LogP contribution in [0.5, 0.6) is 5.75 Å². The number of rotatable bonds is 6. The number of para-hydroxylation sites is 1. The normalized spacial score (nSPS) is 26.4. The van der Waals surface area contributed by atoms with E-state index in [9.17, 15) is 32.7 Å². The first-order valence-electron chi connectivity index (χ1n) is 17.4. The number of carbonyl (C=O) groups excluding carboxylic acids is 4. The van der Waals surface area contributed by atoms with Gasteiger partial charge in [0.25, 0.3) is 11.8 Å². The summed E-state index contributed by atoms with van der Waals surface area (Å²) in [7, 11) is 0. The molecule has 8 rings (SSSR count). The van der Waals surface area contributed by atoms with E-state index in [4.69, 9.17) is 23.2 Å². The standard InChI is InChI=1S/C40H31Cl2F3N4O5/c1-2-20-7-13-24(14-8-20)48-35(51)27-16-15-25-28(32(27)37(48)53)18-29-36(52)49(47-34-30(42)17-22(19-46-34)40(43,44)45)38(54)39(29,21-9-11-23(41)12-10-21)33(25)26-5-3-4-6-31(26)50/h3-15,17,19,27-29,32-33,50H,2,16,18H2,1H3,(H,46,47)/t27-,28+,29-,32-,33+,39+/m0/s1. The number of allylic oxidation sites excluding steroid dienone is 2. The van der Waals surface area contributed by atoms with Crippen molar-refractivity contribution in [3.8, 4) is 5.75 Å². The number of pyridine rings is 1. The first-order valence-corrected chi connectivity index (χ1v) is 18.1. The van der Waals surface area contributed by atoms with Crippen molar-refractivity contribution < 1.29 is 37.5 Å². The van der Waals surface area contributed by atoms with Crippen molar-refractivity contribution in [1.29, 1.82) is 0 Å². The van der Waals surface area contributed by atoms with Gasteiger partial charge in [0.15, 0.2) is 5.82 Å². The number of hydrogen-bond acceptors (Lipinski definition) is 7. The molecular weight excluding hydrogens is 744 g/mol. The van der Waals surface area contributed by atoms with Crippen molar-refractivity contribution in [2.24, 2.45) is 23.7 Å². The summed E-state index contributed by atoms with van der Waals surface area (Å²) >= 11 is 12.6. The Morgan fingerprint density at radius 3 is 2.28 bits per heavy atom. The van der Waals surface area contributed by atoms with E-state index in [0.29, 0.717) is 44.7 Å². The maximum atomic E-state index is 15.2. The van der Waals surface area contributed by atoms with Gasteiger partial charge in [-0.2, -0.15) is 18.2 Å². The van der Waals surface area contributed by atoms with E-state index < -0.39 is 69.5 Å². The molecule has 14 heteroatoms. The number of aromatic hydroxyl groups is 1. The Labute approximate surface area is 317 Å². The number of hydrogen-bond donors (Lipinski definition) is 2. The summed E-state index contributed by atoms with van der Waals surface area (Å²) in [4.78, 5) is 63.5. The Hall–Kier alpha value is -5.20. The molecule has 3 fully saturated rings. The second-order valence-electron chi connectivity index (χ2n) is 14.0. The number of phenols is 1. The number of aromatic nitrogens is 1. The van der Waals surface area contributed by atoms with E-state index >= 15 is 4.79 Å². The smallest absolute Gasteiger partial charge is 0.417 e. The number of imide groups is 2. The van der Waals surface area contributed by atoms with Gasteiger partial charge in [-0.15, -0.1) is 0 Å². The molecule has 0 unspecified atom stereocenters. The van der Waals surface area contributed by atoms with E-state index in [0.717, 1.165) is 12.0 Å². The summed E-state index contributed by atoms with van der Waals surface area (Å²) in [5, 5.41) is 12.0. The molecule has 276 valence electrons. The second-order valence-corrected chi connectivity index (χ2v) is 14.9. The number of anilines is 2. The van der Waals surface area contributed by atoms with Gasteiger partial charge in [-0.3, -0.25) is 29.5 Å². The zero-order valence-corrected chi connectivity index (χ0v) is 30.0. The monoisotopic (exact) mass is 774 g/mol. The lowest BCUT2D eigenvalue weighted by atomic mass is 9.49. The van der Waals surface area contributed by atoms with E-state index in [2.05, 4.69) is 10.4 Å². The molecule has 3 aromatic carbocycles. The predicted octanol–water partition coefficient (Wildman–Crippen LogP) is 7.86. The fourth-order valence-electron chi connectivity index (χ4n) is 8.99. The van der Waals surface area contributed by atoms with Crippen LogP contribution in [0.2, 0.25) is 10.0 Å². The minimum Gasteiger partial charge on any atom is -0.508 e. The van der Waals surface area contributed by atoms with Gasteiger partial charge in [0, 0.05) is 22.7 Å². The minimum atomic E-state index is -4.75. The zero-order valence-electron chi connectivity index (χ0n) is 28.5. The summed E-state index contributed by atoms with van der Waals surface area (Å²) in [6.07, 6.45) is -1.46.